The van der Waals surface area contributed by atoms with Gasteiger partial charge in [0.2, 0.25) is 0 Å². The summed E-state index contributed by atoms with van der Waals surface area (Å²) in [7, 11) is 0.0727. The third-order valence-corrected chi connectivity index (χ3v) is 7.59. The van der Waals surface area contributed by atoms with E-state index >= 15 is 0 Å². The number of hydrogen-bond acceptors (Lipinski definition) is 1. The average molecular weight is 652 g/mol. The molecule has 0 radical (unpaired) electrons. The fourth-order valence-electron chi connectivity index (χ4n) is 4.20. The van der Waals surface area contributed by atoms with Crippen LogP contribution in [0.5, 0.6) is 0 Å². The zero-order valence-electron chi connectivity index (χ0n) is 20.1. The Morgan fingerprint density at radius 3 is 1.74 bits per heavy atom. The van der Waals surface area contributed by atoms with Crippen LogP contribution in [0.3, 0.4) is 0 Å². The van der Waals surface area contributed by atoms with E-state index < -0.39 is 19.5 Å². The van der Waals surface area contributed by atoms with Crippen LogP contribution in [0.25, 0.3) is 32.7 Å². The molecule has 0 N–H and O–H groups in total. The van der Waals surface area contributed by atoms with Gasteiger partial charge in [-0.05, 0) is 56.9 Å². The summed E-state index contributed by atoms with van der Waals surface area (Å²) in [6.45, 7) is 0. The van der Waals surface area contributed by atoms with Crippen molar-refractivity contribution >= 4 is 51.9 Å². The van der Waals surface area contributed by atoms with Crippen molar-refractivity contribution in [3.05, 3.63) is 114 Å². The molecule has 5 aromatic rings. The van der Waals surface area contributed by atoms with Gasteiger partial charge in [-0.15, -0.1) is 0 Å². The van der Waals surface area contributed by atoms with Crippen molar-refractivity contribution < 1.29 is 16.9 Å². The number of halogens is 6. The Kier molecular flexibility index (Phi) is 7.24. The number of benzene rings is 5. The van der Waals surface area contributed by atoms with Gasteiger partial charge in [0.15, 0.2) is 4.90 Å². The van der Waals surface area contributed by atoms with E-state index in [2.05, 4.69) is 103 Å². The van der Waals surface area contributed by atoms with Crippen LogP contribution in [0.15, 0.2) is 108 Å². The molecule has 0 aromatic heterocycles. The Balaban J connectivity index is 0.000000426. The molecule has 0 saturated carbocycles. The van der Waals surface area contributed by atoms with E-state index in [4.69, 9.17) is 5.26 Å². The summed E-state index contributed by atoms with van der Waals surface area (Å²) in [6.07, 6.45) is 2.30. The van der Waals surface area contributed by atoms with Crippen LogP contribution in [0.1, 0.15) is 11.1 Å². The molecule has 0 aliphatic rings. The van der Waals surface area contributed by atoms with Crippen LogP contribution in [0, 0.1) is 11.3 Å². The van der Waals surface area contributed by atoms with E-state index in [9.17, 15) is 16.9 Å². The van der Waals surface area contributed by atoms with E-state index in [1.54, 1.807) is 0 Å². The maximum atomic E-state index is 9.93. The predicted molar refractivity (Wildman–Crippen MR) is 146 cm³/mol. The Bertz CT molecular complexity index is 1600. The SMILES string of the molecule is C[S+](Cc1ccc(C#N)cc1)c1cccc(-c2c3ccccc3cc3ccccc23)c1.[F][Sb-]([F])([F])([F])([F])[F]. The van der Waals surface area contributed by atoms with E-state index in [1.807, 2.05) is 12.1 Å². The number of hydrogen-bond donors (Lipinski definition) is 0. The summed E-state index contributed by atoms with van der Waals surface area (Å²) in [5.74, 6) is 0.978. The van der Waals surface area contributed by atoms with Crippen molar-refractivity contribution in [2.75, 3.05) is 6.26 Å². The molecule has 38 heavy (non-hydrogen) atoms. The molecule has 0 heterocycles. The molecule has 5 rings (SSSR count). The minimum atomic E-state index is -11.2. The fraction of sp³-hybridized carbons (Fsp3) is 0.0690. The van der Waals surface area contributed by atoms with Crippen molar-refractivity contribution in [1.29, 1.82) is 5.26 Å². The Hall–Kier alpha value is -3.14. The molecular weight excluding hydrogens is 630 g/mol. The first-order chi connectivity index (χ1) is 17.7. The molecule has 196 valence electrons. The molecule has 0 aliphatic heterocycles. The average Bonchev–Trinajstić information content (AvgIpc) is 2.86. The van der Waals surface area contributed by atoms with Gasteiger partial charge in [-0.2, -0.15) is 5.26 Å². The van der Waals surface area contributed by atoms with Gasteiger partial charge in [0, 0.05) is 22.5 Å². The van der Waals surface area contributed by atoms with Crippen molar-refractivity contribution in [2.45, 2.75) is 10.6 Å². The first-order valence-electron chi connectivity index (χ1n) is 11.4. The molecule has 1 nitrogen and oxygen atoms in total. The van der Waals surface area contributed by atoms with Crippen molar-refractivity contribution in [3.8, 4) is 17.2 Å². The summed E-state index contributed by atoms with van der Waals surface area (Å²) in [6, 6.07) is 38.8. The van der Waals surface area contributed by atoms with Gasteiger partial charge in [0.25, 0.3) is 0 Å². The van der Waals surface area contributed by atoms with Crippen molar-refractivity contribution in [3.63, 3.8) is 0 Å². The van der Waals surface area contributed by atoms with Crippen LogP contribution in [0.2, 0.25) is 0 Å². The van der Waals surface area contributed by atoms with Gasteiger partial charge in [-0.3, -0.25) is 0 Å². The Morgan fingerprint density at radius 2 is 1.21 bits per heavy atom. The molecule has 0 saturated heterocycles. The van der Waals surface area contributed by atoms with Crippen LogP contribution >= 0.6 is 0 Å². The molecule has 0 spiro atoms. The molecule has 0 aliphatic carbocycles. The molecule has 0 bridgehead atoms. The Morgan fingerprint density at radius 1 is 0.684 bits per heavy atom. The molecule has 1 atom stereocenters. The monoisotopic (exact) mass is 651 g/mol. The summed E-state index contributed by atoms with van der Waals surface area (Å²) in [5.41, 5.74) is 4.56. The summed E-state index contributed by atoms with van der Waals surface area (Å²) >= 11 is -11.2. The summed E-state index contributed by atoms with van der Waals surface area (Å²) in [5, 5.41) is 14.2. The van der Waals surface area contributed by atoms with E-state index in [0.29, 0.717) is 5.56 Å². The quantitative estimate of drug-likeness (QED) is 0.0822. The third kappa shape index (κ3) is 7.93. The molecule has 1 unspecified atom stereocenters. The van der Waals surface area contributed by atoms with Gasteiger partial charge in [-0.1, -0.05) is 72.8 Å². The Labute approximate surface area is 221 Å². The zero-order chi connectivity index (χ0) is 27.6. The summed E-state index contributed by atoms with van der Waals surface area (Å²) in [4.78, 5) is 1.36. The predicted octanol–water partition coefficient (Wildman–Crippen LogP) is 9.48. The van der Waals surface area contributed by atoms with Crippen LogP contribution in [-0.2, 0) is 16.6 Å². The van der Waals surface area contributed by atoms with Crippen molar-refractivity contribution in [2.24, 2.45) is 0 Å². The van der Waals surface area contributed by atoms with Gasteiger partial charge in [-0.25, -0.2) is 0 Å². The van der Waals surface area contributed by atoms with Crippen LogP contribution in [-0.4, -0.2) is 25.7 Å². The first-order valence-corrected chi connectivity index (χ1v) is 19.0. The van der Waals surface area contributed by atoms with E-state index in [1.165, 1.54) is 43.1 Å². The van der Waals surface area contributed by atoms with E-state index in [0.717, 1.165) is 5.75 Å². The molecule has 9 heteroatoms. The fourth-order valence-corrected chi connectivity index (χ4v) is 5.70. The normalized spacial score (nSPS) is 14.1. The molecular formula is C29H22F6NSSb. The number of nitrogens with zero attached hydrogens (tertiary/aromatic N) is 1. The topological polar surface area (TPSA) is 23.8 Å². The number of fused-ring (bicyclic) bond motifs is 2. The molecule has 0 amide bonds. The number of nitriles is 1. The minimum absolute atomic E-state index is 0.0727. The van der Waals surface area contributed by atoms with Crippen LogP contribution < -0.4 is 0 Å². The van der Waals surface area contributed by atoms with Gasteiger partial charge in [0.1, 0.15) is 12.0 Å². The van der Waals surface area contributed by atoms with E-state index in [-0.39, 0.29) is 10.9 Å². The first kappa shape index (κ1) is 27.9. The van der Waals surface area contributed by atoms with Crippen molar-refractivity contribution in [1.82, 2.24) is 0 Å². The molecule has 0 fully saturated rings. The second-order valence-corrected chi connectivity index (χ2v) is 16.3. The maximum absolute atomic E-state index is 11.2. The second kappa shape index (κ2) is 9.87. The van der Waals surface area contributed by atoms with Gasteiger partial charge < -0.3 is 0 Å². The number of rotatable bonds is 4. The standard InChI is InChI=1S/C29H22NS.6FH.Sb/c1-31(20-22-15-13-21(19-30)14-16-22)26-10-6-9-25(18-26)29-27-11-4-2-7-23(27)17-24-8-3-5-12-28(24)29;;;;;;;/h2-18H,20H2,1H3;6*1H;/q+1;;;;;;;+5/p-6. The van der Waals surface area contributed by atoms with Gasteiger partial charge in [0.05, 0.1) is 11.6 Å². The molecule has 5 aromatic carbocycles. The van der Waals surface area contributed by atoms with Crippen LogP contribution in [0.4, 0.5) is 16.9 Å². The van der Waals surface area contributed by atoms with Gasteiger partial charge >= 0.3 is 36.4 Å². The third-order valence-electron chi connectivity index (χ3n) is 5.76. The second-order valence-electron chi connectivity index (χ2n) is 8.77. The zero-order valence-corrected chi connectivity index (χ0v) is 23.5. The summed E-state index contributed by atoms with van der Waals surface area (Å²) < 4.78 is 59.6.